The monoisotopic (exact) mass is 340 g/mol. The van der Waals surface area contributed by atoms with Crippen LogP contribution in [0.15, 0.2) is 29.2 Å². The summed E-state index contributed by atoms with van der Waals surface area (Å²) < 4.78 is 31.4. The lowest BCUT2D eigenvalue weighted by Gasteiger charge is -2.14. The van der Waals surface area contributed by atoms with Crippen LogP contribution in [0, 0.1) is 0 Å². The largest absolute Gasteiger partial charge is 0.495 e. The van der Waals surface area contributed by atoms with Crippen molar-refractivity contribution in [3.63, 3.8) is 0 Å². The van der Waals surface area contributed by atoms with Crippen molar-refractivity contribution >= 4 is 22.0 Å². The summed E-state index contributed by atoms with van der Waals surface area (Å²) in [5.41, 5.74) is 0.608. The van der Waals surface area contributed by atoms with Gasteiger partial charge in [-0.05, 0) is 37.2 Å². The molecule has 0 heterocycles. The smallest absolute Gasteiger partial charge is 0.246 e. The first-order chi connectivity index (χ1) is 10.9. The maximum atomic E-state index is 12.0. The van der Waals surface area contributed by atoms with E-state index < -0.39 is 10.0 Å². The van der Waals surface area contributed by atoms with Gasteiger partial charge in [0, 0.05) is 19.7 Å². The lowest BCUT2D eigenvalue weighted by molar-refractivity contribution is -0.124. The fourth-order valence-electron chi connectivity index (χ4n) is 1.92. The van der Waals surface area contributed by atoms with Gasteiger partial charge in [0.1, 0.15) is 10.6 Å². The molecule has 0 saturated carbocycles. The summed E-state index contributed by atoms with van der Waals surface area (Å²) in [5.74, 6) is 0.134. The topological polar surface area (TPSA) is 75.7 Å². The van der Waals surface area contributed by atoms with Crippen LogP contribution >= 0.6 is 0 Å². The molecule has 0 unspecified atom stereocenters. The summed E-state index contributed by atoms with van der Waals surface area (Å²) in [6.07, 6.45) is 5.00. The number of amides is 1. The van der Waals surface area contributed by atoms with Gasteiger partial charge in [0.2, 0.25) is 15.9 Å². The van der Waals surface area contributed by atoms with Crippen molar-refractivity contribution < 1.29 is 17.9 Å². The molecule has 0 aliphatic rings. The van der Waals surface area contributed by atoms with Crippen molar-refractivity contribution in [2.45, 2.75) is 24.7 Å². The van der Waals surface area contributed by atoms with Crippen LogP contribution in [0.2, 0.25) is 0 Å². The molecule has 0 radical (unpaired) electrons. The molecular weight excluding hydrogens is 316 g/mol. The Labute approximate surface area is 138 Å². The minimum atomic E-state index is -3.63. The molecule has 128 valence electrons. The summed E-state index contributed by atoms with van der Waals surface area (Å²) in [6.45, 7) is 2.76. The molecule has 23 heavy (non-hydrogen) atoms. The van der Waals surface area contributed by atoms with Gasteiger partial charge in [-0.1, -0.05) is 19.4 Å². The number of hydrogen-bond acceptors (Lipinski definition) is 4. The molecule has 1 N–H and O–H groups in total. The number of nitrogens with zero attached hydrogens (tertiary/aromatic N) is 1. The second-order valence-corrected chi connectivity index (χ2v) is 6.92. The number of benzene rings is 1. The molecule has 1 aromatic rings. The van der Waals surface area contributed by atoms with Gasteiger partial charge in [-0.15, -0.1) is 0 Å². The first-order valence-electron chi connectivity index (χ1n) is 7.40. The van der Waals surface area contributed by atoms with Crippen LogP contribution in [-0.2, 0) is 14.8 Å². The van der Waals surface area contributed by atoms with Crippen LogP contribution in [0.1, 0.15) is 25.3 Å². The normalized spacial score (nSPS) is 11.7. The number of likely N-dealkylation sites (N-methyl/N-ethyl adjacent to an activating group) is 1. The summed E-state index contributed by atoms with van der Waals surface area (Å²) in [7, 11) is 0.854. The average Bonchev–Trinajstić information content (AvgIpc) is 2.57. The number of rotatable bonds is 8. The average molecular weight is 340 g/mol. The number of nitrogens with one attached hydrogen (secondary N) is 1. The number of ether oxygens (including phenoxy) is 1. The van der Waals surface area contributed by atoms with E-state index in [0.717, 1.165) is 12.8 Å². The number of methoxy groups -OCH3 is 1. The van der Waals surface area contributed by atoms with Crippen molar-refractivity contribution in [2.24, 2.45) is 0 Å². The fraction of sp³-hybridized carbons (Fsp3) is 0.438. The molecule has 1 aromatic carbocycles. The Kier molecular flexibility index (Phi) is 7.25. The Hall–Kier alpha value is -1.86. The Bertz CT molecular complexity index is 669. The van der Waals surface area contributed by atoms with Gasteiger partial charge in [0.25, 0.3) is 0 Å². The van der Waals surface area contributed by atoms with Crippen molar-refractivity contribution in [3.05, 3.63) is 29.8 Å². The highest BCUT2D eigenvalue weighted by Crippen LogP contribution is 2.25. The summed E-state index contributed by atoms with van der Waals surface area (Å²) in [5, 5.41) is 0. The zero-order chi connectivity index (χ0) is 17.5. The molecule has 0 aromatic heterocycles. The standard InChI is InChI=1S/C16H24N2O4S/c1-5-6-11-18(3)16(19)10-8-13-7-9-14(22-4)15(12-13)23(20,21)17-2/h7-10,12,17H,5-6,11H2,1-4H3/b10-8+. The van der Waals surface area contributed by atoms with Gasteiger partial charge in [0.05, 0.1) is 7.11 Å². The van der Waals surface area contributed by atoms with Gasteiger partial charge in [0.15, 0.2) is 0 Å². The molecule has 1 amide bonds. The highest BCUT2D eigenvalue weighted by atomic mass is 32.2. The van der Waals surface area contributed by atoms with Gasteiger partial charge >= 0.3 is 0 Å². The Morgan fingerprint density at radius 2 is 2.09 bits per heavy atom. The quantitative estimate of drug-likeness (QED) is 0.733. The highest BCUT2D eigenvalue weighted by molar-refractivity contribution is 7.89. The van der Waals surface area contributed by atoms with Gasteiger partial charge in [-0.3, -0.25) is 4.79 Å². The second kappa shape index (κ2) is 8.69. The maximum absolute atomic E-state index is 12.0. The molecule has 7 heteroatoms. The van der Waals surface area contributed by atoms with E-state index in [-0.39, 0.29) is 16.6 Å². The van der Waals surface area contributed by atoms with Crippen molar-refractivity contribution in [1.29, 1.82) is 0 Å². The Morgan fingerprint density at radius 3 is 2.65 bits per heavy atom. The van der Waals surface area contributed by atoms with Crippen LogP contribution in [-0.4, -0.2) is 47.0 Å². The predicted molar refractivity (Wildman–Crippen MR) is 90.8 cm³/mol. The summed E-state index contributed by atoms with van der Waals surface area (Å²) in [4.78, 5) is 13.6. The maximum Gasteiger partial charge on any atom is 0.246 e. The van der Waals surface area contributed by atoms with E-state index in [4.69, 9.17) is 4.74 Å². The minimum Gasteiger partial charge on any atom is -0.495 e. The van der Waals surface area contributed by atoms with E-state index in [1.54, 1.807) is 30.2 Å². The van der Waals surface area contributed by atoms with E-state index in [1.807, 2.05) is 0 Å². The first-order valence-corrected chi connectivity index (χ1v) is 8.88. The molecule has 6 nitrogen and oxygen atoms in total. The number of unbranched alkanes of at least 4 members (excludes halogenated alkanes) is 1. The van der Waals surface area contributed by atoms with Crippen molar-refractivity contribution in [3.8, 4) is 5.75 Å². The van der Waals surface area contributed by atoms with Gasteiger partial charge in [-0.25, -0.2) is 13.1 Å². The third-order valence-electron chi connectivity index (χ3n) is 3.39. The lowest BCUT2D eigenvalue weighted by atomic mass is 10.2. The molecule has 0 saturated heterocycles. The molecule has 0 bridgehead atoms. The van der Waals surface area contributed by atoms with E-state index in [2.05, 4.69) is 11.6 Å². The first kappa shape index (κ1) is 19.2. The number of carbonyl (C=O) groups excluding carboxylic acids is 1. The molecule has 1 rings (SSSR count). The van der Waals surface area contributed by atoms with E-state index >= 15 is 0 Å². The fourth-order valence-corrected chi connectivity index (χ4v) is 2.84. The van der Waals surface area contributed by atoms with E-state index in [1.165, 1.54) is 26.3 Å². The van der Waals surface area contributed by atoms with Crippen molar-refractivity contribution in [1.82, 2.24) is 9.62 Å². The summed E-state index contributed by atoms with van der Waals surface area (Å²) in [6, 6.07) is 4.74. The number of carbonyl (C=O) groups is 1. The van der Waals surface area contributed by atoms with Crippen LogP contribution in [0.5, 0.6) is 5.75 Å². The molecule has 0 spiro atoms. The van der Waals surface area contributed by atoms with E-state index in [0.29, 0.717) is 12.1 Å². The van der Waals surface area contributed by atoms with Gasteiger partial charge < -0.3 is 9.64 Å². The molecule has 0 aliphatic heterocycles. The van der Waals surface area contributed by atoms with E-state index in [9.17, 15) is 13.2 Å². The van der Waals surface area contributed by atoms with Crippen LogP contribution in [0.4, 0.5) is 0 Å². The molecule has 0 aliphatic carbocycles. The zero-order valence-corrected chi connectivity index (χ0v) is 14.8. The van der Waals surface area contributed by atoms with Gasteiger partial charge in [-0.2, -0.15) is 0 Å². The lowest BCUT2D eigenvalue weighted by Crippen LogP contribution is -2.25. The third kappa shape index (κ3) is 5.37. The number of hydrogen-bond donors (Lipinski definition) is 1. The molecular formula is C16H24N2O4S. The van der Waals surface area contributed by atoms with Crippen LogP contribution in [0.25, 0.3) is 6.08 Å². The number of sulfonamides is 1. The minimum absolute atomic E-state index is 0.0384. The SMILES string of the molecule is CCCCN(C)C(=O)/C=C/c1ccc(OC)c(S(=O)(=O)NC)c1. The second-order valence-electron chi connectivity index (χ2n) is 5.06. The highest BCUT2D eigenvalue weighted by Gasteiger charge is 2.17. The van der Waals surface area contributed by atoms with Crippen molar-refractivity contribution in [2.75, 3.05) is 27.7 Å². The Morgan fingerprint density at radius 1 is 1.39 bits per heavy atom. The summed E-state index contributed by atoms with van der Waals surface area (Å²) >= 11 is 0. The predicted octanol–water partition coefficient (Wildman–Crippen LogP) is 1.88. The Balaban J connectivity index is 3.00. The molecule has 0 atom stereocenters. The van der Waals surface area contributed by atoms with Crippen LogP contribution in [0.3, 0.4) is 0 Å². The molecule has 0 fully saturated rings. The van der Waals surface area contributed by atoms with Crippen LogP contribution < -0.4 is 9.46 Å². The zero-order valence-electron chi connectivity index (χ0n) is 14.0. The third-order valence-corrected chi connectivity index (χ3v) is 4.82.